The van der Waals surface area contributed by atoms with Crippen molar-refractivity contribution < 1.29 is 21.4 Å². The Kier molecular flexibility index (Phi) is 4.23. The molecule has 3 rings (SSSR count). The molecule has 0 saturated heterocycles. The van der Waals surface area contributed by atoms with Gasteiger partial charge in [-0.1, -0.05) is 12.1 Å². The minimum Gasteiger partial charge on any atom is -0.322 e. The predicted molar refractivity (Wildman–Crippen MR) is 95.9 cm³/mol. The molecule has 136 valence electrons. The monoisotopic (exact) mass is 394 g/mol. The second-order valence-electron chi connectivity index (χ2n) is 5.76. The molecular formula is C16H14N2O6S2. The van der Waals surface area contributed by atoms with Crippen LogP contribution in [0.2, 0.25) is 0 Å². The van der Waals surface area contributed by atoms with E-state index < -0.39 is 29.9 Å². The van der Waals surface area contributed by atoms with Crippen LogP contribution in [0.1, 0.15) is 5.56 Å². The molecule has 8 nitrogen and oxygen atoms in total. The third-order valence-electron chi connectivity index (χ3n) is 3.92. The summed E-state index contributed by atoms with van der Waals surface area (Å²) in [5.74, 6) is 0. The highest BCUT2D eigenvalue weighted by molar-refractivity contribution is 7.89. The van der Waals surface area contributed by atoms with Gasteiger partial charge >= 0.3 is 0 Å². The summed E-state index contributed by atoms with van der Waals surface area (Å²) in [6.07, 6.45) is 0. The average molecular weight is 394 g/mol. The van der Waals surface area contributed by atoms with Gasteiger partial charge in [-0.15, -0.1) is 0 Å². The van der Waals surface area contributed by atoms with Gasteiger partial charge in [-0.05, 0) is 42.3 Å². The summed E-state index contributed by atoms with van der Waals surface area (Å²) in [4.78, 5) is 13.2. The van der Waals surface area contributed by atoms with Crippen LogP contribution in [-0.2, 0) is 20.1 Å². The molecule has 0 aliphatic carbocycles. The number of primary sulfonamides is 1. The summed E-state index contributed by atoms with van der Waals surface area (Å²) >= 11 is 0. The van der Waals surface area contributed by atoms with Gasteiger partial charge < -0.3 is 4.98 Å². The third kappa shape index (κ3) is 3.40. The van der Waals surface area contributed by atoms with Crippen LogP contribution in [0.25, 0.3) is 22.0 Å². The maximum absolute atomic E-state index is 11.8. The van der Waals surface area contributed by atoms with E-state index in [0.717, 1.165) is 12.1 Å². The number of sulfonamides is 1. The van der Waals surface area contributed by atoms with E-state index in [2.05, 4.69) is 4.98 Å². The highest BCUT2D eigenvalue weighted by atomic mass is 32.2. The van der Waals surface area contributed by atoms with Crippen LogP contribution >= 0.6 is 0 Å². The molecule has 0 amide bonds. The van der Waals surface area contributed by atoms with E-state index in [1.807, 2.05) is 0 Å². The summed E-state index contributed by atoms with van der Waals surface area (Å²) in [6.45, 7) is 1.73. The van der Waals surface area contributed by atoms with Crippen LogP contribution in [0.3, 0.4) is 0 Å². The maximum Gasteiger partial charge on any atom is 0.295 e. The summed E-state index contributed by atoms with van der Waals surface area (Å²) in [5, 5.41) is 5.71. The van der Waals surface area contributed by atoms with Crippen LogP contribution in [0.5, 0.6) is 0 Å². The molecule has 2 aromatic carbocycles. The SMILES string of the molecule is Cc1cc(=O)[nH]c2ccc(-c3ccc(S(N)(=O)=O)cc3S(=O)(=O)O)cc12. The number of pyridine rings is 1. The smallest absolute Gasteiger partial charge is 0.295 e. The number of aromatic amines is 1. The van der Waals surface area contributed by atoms with Crippen molar-refractivity contribution in [2.45, 2.75) is 16.7 Å². The number of benzene rings is 2. The minimum absolute atomic E-state index is 0.104. The number of aryl methyl sites for hydroxylation is 1. The Morgan fingerprint density at radius 1 is 1.00 bits per heavy atom. The number of nitrogens with two attached hydrogens (primary N) is 1. The predicted octanol–water partition coefficient (Wildman–Crippen LogP) is 1.40. The Bertz CT molecular complexity index is 1310. The standard InChI is InChI=1S/C16H14N2O6S2/c1-9-6-16(19)18-14-5-2-10(7-13(9)14)12-4-3-11(25(17,20)21)8-15(12)26(22,23)24/h2-8H,1H3,(H,18,19)(H2,17,20,21)(H,22,23,24). The first-order valence-corrected chi connectivity index (χ1v) is 10.2. The Hall–Kier alpha value is -2.53. The maximum atomic E-state index is 11.8. The largest absolute Gasteiger partial charge is 0.322 e. The first-order chi connectivity index (χ1) is 12.0. The van der Waals surface area contributed by atoms with Crippen molar-refractivity contribution in [1.29, 1.82) is 0 Å². The molecule has 0 radical (unpaired) electrons. The molecule has 0 aliphatic heterocycles. The highest BCUT2D eigenvalue weighted by Gasteiger charge is 2.21. The normalized spacial score (nSPS) is 12.4. The molecule has 4 N–H and O–H groups in total. The summed E-state index contributed by atoms with van der Waals surface area (Å²) in [6, 6.07) is 9.41. The summed E-state index contributed by atoms with van der Waals surface area (Å²) in [5.41, 5.74) is 1.50. The molecule has 0 atom stereocenters. The Balaban J connectivity index is 2.33. The molecule has 26 heavy (non-hydrogen) atoms. The lowest BCUT2D eigenvalue weighted by Gasteiger charge is -2.11. The van der Waals surface area contributed by atoms with Crippen LogP contribution in [0, 0.1) is 6.92 Å². The van der Waals surface area contributed by atoms with E-state index in [1.54, 1.807) is 25.1 Å². The Labute approximate surface area is 149 Å². The minimum atomic E-state index is -4.71. The molecule has 0 aliphatic rings. The second kappa shape index (κ2) is 6.02. The van der Waals surface area contributed by atoms with Crippen LogP contribution in [0.4, 0.5) is 0 Å². The van der Waals surface area contributed by atoms with E-state index in [-0.39, 0.29) is 11.1 Å². The van der Waals surface area contributed by atoms with Crippen LogP contribution in [0.15, 0.2) is 57.1 Å². The summed E-state index contributed by atoms with van der Waals surface area (Å²) in [7, 11) is -8.86. The molecular weight excluding hydrogens is 380 g/mol. The van der Waals surface area contributed by atoms with E-state index in [0.29, 0.717) is 22.0 Å². The fraction of sp³-hybridized carbons (Fsp3) is 0.0625. The van der Waals surface area contributed by atoms with Gasteiger partial charge in [0.2, 0.25) is 15.6 Å². The fourth-order valence-electron chi connectivity index (χ4n) is 2.72. The fourth-order valence-corrected chi connectivity index (χ4v) is 4.08. The topological polar surface area (TPSA) is 147 Å². The van der Waals surface area contributed by atoms with Crippen LogP contribution < -0.4 is 10.7 Å². The quantitative estimate of drug-likeness (QED) is 0.572. The molecule has 1 heterocycles. The first-order valence-electron chi connectivity index (χ1n) is 7.25. The van der Waals surface area contributed by atoms with E-state index in [4.69, 9.17) is 5.14 Å². The molecule has 0 unspecified atom stereocenters. The molecule has 10 heteroatoms. The lowest BCUT2D eigenvalue weighted by Crippen LogP contribution is -2.13. The zero-order valence-corrected chi connectivity index (χ0v) is 15.1. The highest BCUT2D eigenvalue weighted by Crippen LogP contribution is 2.31. The van der Waals surface area contributed by atoms with E-state index in [9.17, 15) is 26.2 Å². The van der Waals surface area contributed by atoms with Crippen molar-refractivity contribution in [3.05, 3.63) is 58.4 Å². The van der Waals surface area contributed by atoms with Gasteiger partial charge in [0.1, 0.15) is 4.90 Å². The molecule has 0 fully saturated rings. The molecule has 0 bridgehead atoms. The van der Waals surface area contributed by atoms with Crippen molar-refractivity contribution in [3.8, 4) is 11.1 Å². The van der Waals surface area contributed by atoms with Crippen molar-refractivity contribution >= 4 is 31.0 Å². The molecule has 0 saturated carbocycles. The molecule has 3 aromatic rings. The molecule has 1 aromatic heterocycles. The number of nitrogens with one attached hydrogen (secondary N) is 1. The lowest BCUT2D eigenvalue weighted by molar-refractivity contribution is 0.483. The number of aromatic nitrogens is 1. The van der Waals surface area contributed by atoms with Gasteiger partial charge in [-0.25, -0.2) is 13.6 Å². The van der Waals surface area contributed by atoms with Crippen molar-refractivity contribution in [2.75, 3.05) is 0 Å². The zero-order valence-electron chi connectivity index (χ0n) is 13.4. The van der Waals surface area contributed by atoms with Crippen LogP contribution in [-0.4, -0.2) is 26.4 Å². The third-order valence-corrected chi connectivity index (χ3v) is 5.72. The van der Waals surface area contributed by atoms with Gasteiger partial charge in [-0.2, -0.15) is 8.42 Å². The van der Waals surface area contributed by atoms with Gasteiger partial charge in [0, 0.05) is 22.5 Å². The number of fused-ring (bicyclic) bond motifs is 1. The Morgan fingerprint density at radius 2 is 1.69 bits per heavy atom. The van der Waals surface area contributed by atoms with Crippen molar-refractivity contribution in [1.82, 2.24) is 4.98 Å². The van der Waals surface area contributed by atoms with Gasteiger partial charge in [0.25, 0.3) is 10.1 Å². The zero-order chi connectivity index (χ0) is 19.3. The first kappa shape index (κ1) is 18.3. The molecule has 0 spiro atoms. The van der Waals surface area contributed by atoms with Crippen molar-refractivity contribution in [3.63, 3.8) is 0 Å². The second-order valence-corrected chi connectivity index (χ2v) is 8.71. The van der Waals surface area contributed by atoms with E-state index >= 15 is 0 Å². The lowest BCUT2D eigenvalue weighted by atomic mass is 10.0. The average Bonchev–Trinajstić information content (AvgIpc) is 2.52. The number of H-pyrrole nitrogens is 1. The van der Waals surface area contributed by atoms with Gasteiger partial charge in [0.05, 0.1) is 4.90 Å². The van der Waals surface area contributed by atoms with Gasteiger partial charge in [0.15, 0.2) is 0 Å². The van der Waals surface area contributed by atoms with Gasteiger partial charge in [-0.3, -0.25) is 9.35 Å². The number of hydrogen-bond donors (Lipinski definition) is 3. The summed E-state index contributed by atoms with van der Waals surface area (Å²) < 4.78 is 56.0. The Morgan fingerprint density at radius 3 is 2.31 bits per heavy atom. The number of hydrogen-bond acceptors (Lipinski definition) is 5. The van der Waals surface area contributed by atoms with E-state index in [1.165, 1.54) is 12.1 Å². The van der Waals surface area contributed by atoms with Crippen molar-refractivity contribution in [2.24, 2.45) is 5.14 Å². The number of rotatable bonds is 3.